The monoisotopic (exact) mass is 173 g/mol. The van der Waals surface area contributed by atoms with Crippen LogP contribution in [0.2, 0.25) is 0 Å². The molecule has 1 saturated heterocycles. The Kier molecular flexibility index (Phi) is 3.20. The number of hydrogen-bond acceptors (Lipinski definition) is 4. The number of Topliss-reactive ketones (excluding diaryl/α,β-unsaturated/α-hetero) is 1. The Bertz CT molecular complexity index is 162. The quantitative estimate of drug-likeness (QED) is 0.575. The number of hydrogen-bond donors (Lipinski definition) is 2. The molecule has 1 aliphatic rings. The van der Waals surface area contributed by atoms with Gasteiger partial charge in [-0.25, -0.2) is 0 Å². The molecule has 12 heavy (non-hydrogen) atoms. The molecule has 0 aliphatic carbocycles. The highest BCUT2D eigenvalue weighted by Crippen LogP contribution is 2.09. The lowest BCUT2D eigenvalue weighted by Gasteiger charge is -2.12. The van der Waals surface area contributed by atoms with E-state index < -0.39 is 12.2 Å². The molecule has 0 bridgehead atoms. The van der Waals surface area contributed by atoms with Gasteiger partial charge in [0, 0.05) is 26.1 Å². The van der Waals surface area contributed by atoms with Gasteiger partial charge in [-0.15, -0.1) is 0 Å². The van der Waals surface area contributed by atoms with Crippen LogP contribution in [0, 0.1) is 0 Å². The fourth-order valence-corrected chi connectivity index (χ4v) is 1.35. The molecule has 0 radical (unpaired) electrons. The fourth-order valence-electron chi connectivity index (χ4n) is 1.35. The molecule has 0 spiro atoms. The molecule has 0 amide bonds. The number of rotatable bonds is 3. The molecular formula is C8H15NO3. The van der Waals surface area contributed by atoms with Crippen molar-refractivity contribution in [1.82, 2.24) is 4.90 Å². The van der Waals surface area contributed by atoms with Gasteiger partial charge in [-0.2, -0.15) is 0 Å². The summed E-state index contributed by atoms with van der Waals surface area (Å²) in [5.41, 5.74) is 0. The largest absolute Gasteiger partial charge is 0.389 e. The van der Waals surface area contributed by atoms with E-state index in [1.807, 2.05) is 4.90 Å². The maximum Gasteiger partial charge on any atom is 0.131 e. The van der Waals surface area contributed by atoms with Crippen molar-refractivity contribution in [2.24, 2.45) is 0 Å². The van der Waals surface area contributed by atoms with Gasteiger partial charge in [0.2, 0.25) is 0 Å². The summed E-state index contributed by atoms with van der Waals surface area (Å²) in [4.78, 5) is 12.5. The van der Waals surface area contributed by atoms with E-state index in [0.29, 0.717) is 26.1 Å². The molecule has 0 aromatic heterocycles. The van der Waals surface area contributed by atoms with Gasteiger partial charge in [0.15, 0.2) is 0 Å². The van der Waals surface area contributed by atoms with Crippen LogP contribution in [0.5, 0.6) is 0 Å². The van der Waals surface area contributed by atoms with Crippen LogP contribution in [-0.4, -0.2) is 52.7 Å². The first-order chi connectivity index (χ1) is 5.59. The van der Waals surface area contributed by atoms with Crippen LogP contribution in [0.1, 0.15) is 13.3 Å². The van der Waals surface area contributed by atoms with E-state index in [9.17, 15) is 4.79 Å². The topological polar surface area (TPSA) is 60.8 Å². The number of nitrogens with zero attached hydrogens (tertiary/aromatic N) is 1. The molecule has 2 unspecified atom stereocenters. The Hall–Kier alpha value is -0.450. The molecule has 1 rings (SSSR count). The fraction of sp³-hybridized carbons (Fsp3) is 0.875. The molecule has 1 fully saturated rings. The summed E-state index contributed by atoms with van der Waals surface area (Å²) in [5, 5.41) is 18.3. The van der Waals surface area contributed by atoms with Crippen LogP contribution in [0.25, 0.3) is 0 Å². The van der Waals surface area contributed by atoms with E-state index in [1.54, 1.807) is 6.92 Å². The highest BCUT2D eigenvalue weighted by Gasteiger charge is 2.28. The zero-order valence-corrected chi connectivity index (χ0v) is 7.23. The maximum atomic E-state index is 10.6. The standard InChI is InChI=1S/C8H15NO3/c1-6(10)2-3-9-4-7(11)8(12)5-9/h7-8,11-12H,2-5H2,1H3. The van der Waals surface area contributed by atoms with Gasteiger partial charge in [0.1, 0.15) is 5.78 Å². The van der Waals surface area contributed by atoms with Crippen molar-refractivity contribution in [3.8, 4) is 0 Å². The first kappa shape index (κ1) is 9.64. The SMILES string of the molecule is CC(=O)CCN1CC(O)C(O)C1. The zero-order valence-electron chi connectivity index (χ0n) is 7.23. The van der Waals surface area contributed by atoms with E-state index in [0.717, 1.165) is 0 Å². The molecule has 0 saturated carbocycles. The van der Waals surface area contributed by atoms with Crippen LogP contribution < -0.4 is 0 Å². The number of likely N-dealkylation sites (tertiary alicyclic amines) is 1. The number of β-amino-alcohol motifs (C(OH)–C–C–N with tert-alkyl or cyclic N) is 2. The summed E-state index contributed by atoms with van der Waals surface area (Å²) in [5.74, 6) is 0.144. The molecule has 4 heteroatoms. The van der Waals surface area contributed by atoms with Gasteiger partial charge in [0.05, 0.1) is 12.2 Å². The Morgan fingerprint density at radius 3 is 2.33 bits per heavy atom. The highest BCUT2D eigenvalue weighted by atomic mass is 16.3. The zero-order chi connectivity index (χ0) is 9.14. The van der Waals surface area contributed by atoms with E-state index in [-0.39, 0.29) is 5.78 Å². The van der Waals surface area contributed by atoms with Crippen LogP contribution in [-0.2, 0) is 4.79 Å². The molecule has 0 aromatic rings. The minimum absolute atomic E-state index is 0.144. The van der Waals surface area contributed by atoms with Crippen LogP contribution in [0.3, 0.4) is 0 Å². The first-order valence-electron chi connectivity index (χ1n) is 4.17. The summed E-state index contributed by atoms with van der Waals surface area (Å²) >= 11 is 0. The summed E-state index contributed by atoms with van der Waals surface area (Å²) in [6.07, 6.45) is -0.784. The van der Waals surface area contributed by atoms with Gasteiger partial charge in [-0.3, -0.25) is 9.69 Å². The van der Waals surface area contributed by atoms with Crippen molar-refractivity contribution >= 4 is 5.78 Å². The van der Waals surface area contributed by atoms with E-state index in [2.05, 4.69) is 0 Å². The van der Waals surface area contributed by atoms with Crippen molar-refractivity contribution in [1.29, 1.82) is 0 Å². The first-order valence-corrected chi connectivity index (χ1v) is 4.17. The average molecular weight is 173 g/mol. The lowest BCUT2D eigenvalue weighted by atomic mass is 10.3. The molecule has 1 heterocycles. The number of carbonyl (C=O) groups excluding carboxylic acids is 1. The van der Waals surface area contributed by atoms with E-state index in [4.69, 9.17) is 10.2 Å². The summed E-state index contributed by atoms with van der Waals surface area (Å²) < 4.78 is 0. The van der Waals surface area contributed by atoms with Crippen molar-refractivity contribution in [3.63, 3.8) is 0 Å². The Morgan fingerprint density at radius 1 is 1.42 bits per heavy atom. The third-order valence-electron chi connectivity index (χ3n) is 2.11. The summed E-state index contributed by atoms with van der Waals surface area (Å²) in [6, 6.07) is 0. The van der Waals surface area contributed by atoms with Crippen LogP contribution >= 0.6 is 0 Å². The lowest BCUT2D eigenvalue weighted by Crippen LogP contribution is -2.24. The smallest absolute Gasteiger partial charge is 0.131 e. The number of carbonyl (C=O) groups is 1. The molecule has 2 N–H and O–H groups in total. The van der Waals surface area contributed by atoms with Gasteiger partial charge in [-0.05, 0) is 6.92 Å². The van der Waals surface area contributed by atoms with Gasteiger partial charge in [-0.1, -0.05) is 0 Å². The predicted molar refractivity (Wildman–Crippen MR) is 43.8 cm³/mol. The predicted octanol–water partition coefficient (Wildman–Crippen LogP) is -0.997. The molecule has 4 nitrogen and oxygen atoms in total. The minimum atomic E-state index is -0.642. The normalized spacial score (nSPS) is 30.9. The second-order valence-corrected chi connectivity index (χ2v) is 3.35. The second-order valence-electron chi connectivity index (χ2n) is 3.35. The van der Waals surface area contributed by atoms with E-state index >= 15 is 0 Å². The number of aliphatic hydroxyl groups is 2. The second kappa shape index (κ2) is 3.98. The van der Waals surface area contributed by atoms with E-state index in [1.165, 1.54) is 0 Å². The van der Waals surface area contributed by atoms with Crippen molar-refractivity contribution in [2.45, 2.75) is 25.6 Å². The number of aliphatic hydroxyl groups excluding tert-OH is 2. The molecule has 2 atom stereocenters. The minimum Gasteiger partial charge on any atom is -0.389 e. The Balaban J connectivity index is 2.23. The third-order valence-corrected chi connectivity index (χ3v) is 2.11. The Morgan fingerprint density at radius 2 is 1.92 bits per heavy atom. The average Bonchev–Trinajstić information content (AvgIpc) is 2.28. The molecule has 70 valence electrons. The maximum absolute atomic E-state index is 10.6. The molecular weight excluding hydrogens is 158 g/mol. The summed E-state index contributed by atoms with van der Waals surface area (Å²) in [7, 11) is 0. The van der Waals surface area contributed by atoms with Gasteiger partial charge >= 0.3 is 0 Å². The van der Waals surface area contributed by atoms with Crippen LogP contribution in [0.4, 0.5) is 0 Å². The molecule has 0 aromatic carbocycles. The summed E-state index contributed by atoms with van der Waals surface area (Å²) in [6.45, 7) is 3.15. The molecule has 1 aliphatic heterocycles. The van der Waals surface area contributed by atoms with Crippen molar-refractivity contribution in [3.05, 3.63) is 0 Å². The van der Waals surface area contributed by atoms with Gasteiger partial charge in [0.25, 0.3) is 0 Å². The number of ketones is 1. The highest BCUT2D eigenvalue weighted by molar-refractivity contribution is 5.75. The van der Waals surface area contributed by atoms with Crippen molar-refractivity contribution in [2.75, 3.05) is 19.6 Å². The Labute approximate surface area is 71.8 Å². The van der Waals surface area contributed by atoms with Crippen LogP contribution in [0.15, 0.2) is 0 Å². The third kappa shape index (κ3) is 2.55. The lowest BCUT2D eigenvalue weighted by molar-refractivity contribution is -0.117. The van der Waals surface area contributed by atoms with Gasteiger partial charge < -0.3 is 10.2 Å². The van der Waals surface area contributed by atoms with Crippen molar-refractivity contribution < 1.29 is 15.0 Å².